The lowest BCUT2D eigenvalue weighted by Crippen LogP contribution is -2.34. The zero-order valence-electron chi connectivity index (χ0n) is 12.0. The fourth-order valence-corrected chi connectivity index (χ4v) is 2.22. The van der Waals surface area contributed by atoms with Gasteiger partial charge in [0.25, 0.3) is 0 Å². The Morgan fingerprint density at radius 2 is 1.40 bits per heavy atom. The van der Waals surface area contributed by atoms with Crippen LogP contribution < -0.4 is 5.32 Å². The van der Waals surface area contributed by atoms with Gasteiger partial charge >= 0.3 is 0 Å². The van der Waals surface area contributed by atoms with Crippen molar-refractivity contribution in [1.82, 2.24) is 5.32 Å². The molecule has 0 bridgehead atoms. The molecule has 1 N–H and O–H groups in total. The second kappa shape index (κ2) is 7.80. The maximum atomic E-state index is 5.42. The van der Waals surface area contributed by atoms with Crippen LogP contribution in [0, 0.1) is 0 Å². The second-order valence-electron chi connectivity index (χ2n) is 4.59. The van der Waals surface area contributed by atoms with Gasteiger partial charge in [0.05, 0.1) is 6.04 Å². The molecule has 0 saturated carbocycles. The van der Waals surface area contributed by atoms with Crippen LogP contribution in [0.1, 0.15) is 17.2 Å². The van der Waals surface area contributed by atoms with Gasteiger partial charge in [-0.2, -0.15) is 0 Å². The third-order valence-electron chi connectivity index (χ3n) is 3.26. The first kappa shape index (κ1) is 14.7. The fraction of sp³-hybridized carbons (Fsp3) is 0.294. The molecule has 0 aliphatic heterocycles. The molecule has 0 aromatic heterocycles. The predicted octanol–water partition coefficient (Wildman–Crippen LogP) is 3.14. The molecule has 2 rings (SSSR count). The summed E-state index contributed by atoms with van der Waals surface area (Å²) >= 11 is 0. The van der Waals surface area contributed by atoms with Crippen molar-refractivity contribution in [1.29, 1.82) is 0 Å². The number of nitrogens with one attached hydrogen (secondary N) is 1. The molecule has 0 aliphatic rings. The summed E-state index contributed by atoms with van der Waals surface area (Å²) in [6.45, 7) is 0.767. The maximum Gasteiger partial charge on any atom is 0.176 e. The van der Waals surface area contributed by atoms with Crippen LogP contribution in [0.4, 0.5) is 0 Å². The summed E-state index contributed by atoms with van der Waals surface area (Å²) in [5.41, 5.74) is 2.39. The highest BCUT2D eigenvalue weighted by Gasteiger charge is 2.22. The van der Waals surface area contributed by atoms with Crippen molar-refractivity contribution in [2.45, 2.75) is 18.9 Å². The highest BCUT2D eigenvalue weighted by molar-refractivity contribution is 5.21. The SMILES string of the molecule is COC(OC)C(NCc1ccccc1)c1ccccc1. The van der Waals surface area contributed by atoms with E-state index in [1.165, 1.54) is 5.56 Å². The fourth-order valence-electron chi connectivity index (χ4n) is 2.22. The Morgan fingerprint density at radius 1 is 0.850 bits per heavy atom. The van der Waals surface area contributed by atoms with Gasteiger partial charge in [-0.05, 0) is 11.1 Å². The van der Waals surface area contributed by atoms with Crippen LogP contribution in [-0.2, 0) is 16.0 Å². The normalized spacial score (nSPS) is 12.6. The van der Waals surface area contributed by atoms with Crippen molar-refractivity contribution >= 4 is 0 Å². The Labute approximate surface area is 120 Å². The Hall–Kier alpha value is -1.68. The van der Waals surface area contributed by atoms with E-state index >= 15 is 0 Å². The molecule has 0 fully saturated rings. The third kappa shape index (κ3) is 3.90. The molecule has 1 unspecified atom stereocenters. The van der Waals surface area contributed by atoms with Gasteiger partial charge in [0.1, 0.15) is 0 Å². The number of hydrogen-bond acceptors (Lipinski definition) is 3. The second-order valence-corrected chi connectivity index (χ2v) is 4.59. The van der Waals surface area contributed by atoms with Crippen LogP contribution in [0.25, 0.3) is 0 Å². The molecule has 0 amide bonds. The van der Waals surface area contributed by atoms with E-state index in [-0.39, 0.29) is 12.3 Å². The molecule has 3 nitrogen and oxygen atoms in total. The number of rotatable bonds is 7. The number of ether oxygens (including phenoxy) is 2. The monoisotopic (exact) mass is 271 g/mol. The molecule has 20 heavy (non-hydrogen) atoms. The van der Waals surface area contributed by atoms with Crippen LogP contribution in [0.2, 0.25) is 0 Å². The molecule has 0 saturated heterocycles. The van der Waals surface area contributed by atoms with Crippen molar-refractivity contribution in [3.05, 3.63) is 71.8 Å². The van der Waals surface area contributed by atoms with E-state index in [2.05, 4.69) is 29.6 Å². The Kier molecular flexibility index (Phi) is 5.74. The lowest BCUT2D eigenvalue weighted by molar-refractivity contribution is -0.124. The van der Waals surface area contributed by atoms with Gasteiger partial charge in [0.2, 0.25) is 0 Å². The molecule has 2 aromatic carbocycles. The molecule has 1 atom stereocenters. The first-order chi connectivity index (χ1) is 9.85. The zero-order chi connectivity index (χ0) is 14.2. The highest BCUT2D eigenvalue weighted by Crippen LogP contribution is 2.20. The molecule has 2 aromatic rings. The highest BCUT2D eigenvalue weighted by atomic mass is 16.7. The maximum absolute atomic E-state index is 5.42. The Bertz CT molecular complexity index is 483. The average Bonchev–Trinajstić information content (AvgIpc) is 2.53. The predicted molar refractivity (Wildman–Crippen MR) is 80.3 cm³/mol. The molecular formula is C17H21NO2. The van der Waals surface area contributed by atoms with Gasteiger partial charge in [0.15, 0.2) is 6.29 Å². The van der Waals surface area contributed by atoms with Crippen LogP contribution in [0.15, 0.2) is 60.7 Å². The van der Waals surface area contributed by atoms with Gasteiger partial charge in [-0.15, -0.1) is 0 Å². The molecule has 0 spiro atoms. The van der Waals surface area contributed by atoms with Crippen molar-refractivity contribution in [3.63, 3.8) is 0 Å². The largest absolute Gasteiger partial charge is 0.354 e. The van der Waals surface area contributed by atoms with Crippen LogP contribution in [0.5, 0.6) is 0 Å². The lowest BCUT2D eigenvalue weighted by atomic mass is 10.1. The summed E-state index contributed by atoms with van der Waals surface area (Å²) in [6, 6.07) is 20.5. The van der Waals surface area contributed by atoms with E-state index in [0.29, 0.717) is 0 Å². The minimum absolute atomic E-state index is 0.00796. The summed E-state index contributed by atoms with van der Waals surface area (Å²) in [7, 11) is 3.32. The first-order valence-electron chi connectivity index (χ1n) is 6.73. The van der Waals surface area contributed by atoms with E-state index in [1.54, 1.807) is 14.2 Å². The van der Waals surface area contributed by atoms with Gasteiger partial charge in [0, 0.05) is 20.8 Å². The van der Waals surface area contributed by atoms with Gasteiger partial charge in [-0.3, -0.25) is 0 Å². The standard InChI is InChI=1S/C17H21NO2/c1-19-17(20-2)16(15-11-7-4-8-12-15)18-13-14-9-5-3-6-10-14/h3-12,16-18H,13H2,1-2H3. The van der Waals surface area contributed by atoms with E-state index < -0.39 is 0 Å². The van der Waals surface area contributed by atoms with Crippen LogP contribution >= 0.6 is 0 Å². The van der Waals surface area contributed by atoms with Crippen molar-refractivity contribution in [3.8, 4) is 0 Å². The minimum Gasteiger partial charge on any atom is -0.354 e. The van der Waals surface area contributed by atoms with Gasteiger partial charge in [-0.1, -0.05) is 60.7 Å². The third-order valence-corrected chi connectivity index (χ3v) is 3.26. The van der Waals surface area contributed by atoms with Gasteiger partial charge < -0.3 is 14.8 Å². The molecular weight excluding hydrogens is 250 g/mol. The quantitative estimate of drug-likeness (QED) is 0.785. The Balaban J connectivity index is 2.11. The van der Waals surface area contributed by atoms with Crippen molar-refractivity contribution in [2.75, 3.05) is 14.2 Å². The first-order valence-corrected chi connectivity index (χ1v) is 6.73. The molecule has 106 valence electrons. The molecule has 0 radical (unpaired) electrons. The summed E-state index contributed by atoms with van der Waals surface area (Å²) in [6.07, 6.45) is -0.318. The number of methoxy groups -OCH3 is 2. The zero-order valence-corrected chi connectivity index (χ0v) is 12.0. The summed E-state index contributed by atoms with van der Waals surface area (Å²) in [5.74, 6) is 0. The molecule has 0 heterocycles. The van der Waals surface area contributed by atoms with Crippen LogP contribution in [-0.4, -0.2) is 20.5 Å². The smallest absolute Gasteiger partial charge is 0.176 e. The number of hydrogen-bond donors (Lipinski definition) is 1. The summed E-state index contributed by atoms with van der Waals surface area (Å²) in [5, 5.41) is 3.50. The molecule has 3 heteroatoms. The van der Waals surface area contributed by atoms with E-state index in [4.69, 9.17) is 9.47 Å². The average molecular weight is 271 g/mol. The van der Waals surface area contributed by atoms with E-state index in [1.807, 2.05) is 36.4 Å². The number of benzene rings is 2. The molecule has 0 aliphatic carbocycles. The van der Waals surface area contributed by atoms with E-state index in [9.17, 15) is 0 Å². The van der Waals surface area contributed by atoms with Gasteiger partial charge in [-0.25, -0.2) is 0 Å². The summed E-state index contributed by atoms with van der Waals surface area (Å²) in [4.78, 5) is 0. The van der Waals surface area contributed by atoms with E-state index in [0.717, 1.165) is 12.1 Å². The minimum atomic E-state index is -0.318. The Morgan fingerprint density at radius 3 is 1.95 bits per heavy atom. The summed E-state index contributed by atoms with van der Waals surface area (Å²) < 4.78 is 10.8. The van der Waals surface area contributed by atoms with Crippen molar-refractivity contribution < 1.29 is 9.47 Å². The van der Waals surface area contributed by atoms with Crippen LogP contribution in [0.3, 0.4) is 0 Å². The topological polar surface area (TPSA) is 30.5 Å². The van der Waals surface area contributed by atoms with Crippen molar-refractivity contribution in [2.24, 2.45) is 0 Å². The lowest BCUT2D eigenvalue weighted by Gasteiger charge is -2.26.